The summed E-state index contributed by atoms with van der Waals surface area (Å²) < 4.78 is 0. The van der Waals surface area contributed by atoms with Crippen molar-refractivity contribution < 1.29 is 9.59 Å². The first kappa shape index (κ1) is 20.8. The number of para-hydroxylation sites is 1. The first-order valence-corrected chi connectivity index (χ1v) is 10.5. The van der Waals surface area contributed by atoms with Crippen molar-refractivity contribution >= 4 is 40.1 Å². The van der Waals surface area contributed by atoms with Gasteiger partial charge >= 0.3 is 0 Å². The van der Waals surface area contributed by atoms with E-state index in [0.717, 1.165) is 42.3 Å². The zero-order chi connectivity index (χ0) is 20.6. The molecule has 0 aromatic heterocycles. The maximum Gasteiger partial charge on any atom is 0.247 e. The Bertz CT molecular complexity index is 913. The molecule has 3 rings (SSSR count). The van der Waals surface area contributed by atoms with Crippen molar-refractivity contribution in [2.24, 2.45) is 15.9 Å². The summed E-state index contributed by atoms with van der Waals surface area (Å²) in [7, 11) is 0. The van der Waals surface area contributed by atoms with E-state index >= 15 is 0 Å². The van der Waals surface area contributed by atoms with Crippen LogP contribution in [-0.4, -0.2) is 27.9 Å². The fraction of sp³-hybridized carbons (Fsp3) is 0.273. The highest BCUT2D eigenvalue weighted by Crippen LogP contribution is 2.29. The quantitative estimate of drug-likeness (QED) is 0.325. The Morgan fingerprint density at radius 3 is 2.38 bits per heavy atom. The molecule has 0 spiro atoms. The zero-order valence-electron chi connectivity index (χ0n) is 16.3. The van der Waals surface area contributed by atoms with E-state index in [4.69, 9.17) is 5.73 Å². The maximum atomic E-state index is 12.7. The molecule has 1 fully saturated rings. The maximum absolute atomic E-state index is 12.7. The summed E-state index contributed by atoms with van der Waals surface area (Å²) in [5.74, 6) is -0.509. The van der Waals surface area contributed by atoms with Gasteiger partial charge in [0.25, 0.3) is 0 Å². The zero-order valence-corrected chi connectivity index (χ0v) is 17.1. The number of benzene rings is 2. The molecular formula is C22H24N4O2S. The van der Waals surface area contributed by atoms with Crippen LogP contribution in [0.25, 0.3) is 0 Å². The number of amides is 2. The van der Waals surface area contributed by atoms with Gasteiger partial charge in [-0.2, -0.15) is 5.10 Å². The van der Waals surface area contributed by atoms with Crippen LogP contribution in [0.2, 0.25) is 0 Å². The molecule has 1 aliphatic rings. The van der Waals surface area contributed by atoms with Crippen molar-refractivity contribution in [3.8, 4) is 0 Å². The number of rotatable bonds is 7. The van der Waals surface area contributed by atoms with Gasteiger partial charge in [0.15, 0.2) is 5.17 Å². The highest BCUT2D eigenvalue weighted by Gasteiger charge is 2.40. The number of amidine groups is 1. The molecule has 0 unspecified atom stereocenters. The molecule has 1 heterocycles. The van der Waals surface area contributed by atoms with Crippen molar-refractivity contribution in [2.45, 2.75) is 37.9 Å². The van der Waals surface area contributed by atoms with E-state index in [0.29, 0.717) is 5.69 Å². The van der Waals surface area contributed by atoms with Gasteiger partial charge in [-0.25, -0.2) is 4.90 Å². The molecule has 1 aliphatic heterocycles. The van der Waals surface area contributed by atoms with Gasteiger partial charge in [-0.05, 0) is 30.5 Å². The van der Waals surface area contributed by atoms with Gasteiger partial charge in [0.1, 0.15) is 5.25 Å². The molecule has 0 saturated carbocycles. The van der Waals surface area contributed by atoms with Gasteiger partial charge in [-0.1, -0.05) is 73.6 Å². The van der Waals surface area contributed by atoms with Crippen molar-refractivity contribution in [1.29, 1.82) is 0 Å². The molecule has 29 heavy (non-hydrogen) atoms. The van der Waals surface area contributed by atoms with Crippen LogP contribution in [0, 0.1) is 0 Å². The molecule has 2 aromatic rings. The molecule has 2 amide bonds. The number of imide groups is 1. The number of nitrogens with zero attached hydrogens (tertiary/aromatic N) is 3. The average Bonchev–Trinajstić information content (AvgIpc) is 3.02. The number of unbranched alkanes of at least 4 members (excludes halogenated alkanes) is 1. The topological polar surface area (TPSA) is 88.1 Å². The summed E-state index contributed by atoms with van der Waals surface area (Å²) in [5, 5.41) is 8.07. The van der Waals surface area contributed by atoms with Crippen LogP contribution in [-0.2, 0) is 9.59 Å². The van der Waals surface area contributed by atoms with E-state index < -0.39 is 5.25 Å². The minimum Gasteiger partial charge on any atom is -0.377 e. The van der Waals surface area contributed by atoms with Crippen LogP contribution in [0.15, 0.2) is 70.9 Å². The van der Waals surface area contributed by atoms with Crippen molar-refractivity contribution in [3.05, 3.63) is 66.2 Å². The molecule has 7 heteroatoms. The van der Waals surface area contributed by atoms with Crippen LogP contribution in [0.1, 0.15) is 38.2 Å². The fourth-order valence-corrected chi connectivity index (χ4v) is 3.86. The Morgan fingerprint density at radius 2 is 1.72 bits per heavy atom. The van der Waals surface area contributed by atoms with Crippen LogP contribution >= 0.6 is 11.8 Å². The van der Waals surface area contributed by atoms with E-state index in [1.165, 1.54) is 4.90 Å². The van der Waals surface area contributed by atoms with Gasteiger partial charge in [0, 0.05) is 6.42 Å². The van der Waals surface area contributed by atoms with Crippen molar-refractivity contribution in [1.82, 2.24) is 0 Å². The van der Waals surface area contributed by atoms with E-state index in [-0.39, 0.29) is 23.4 Å². The second-order valence-corrected chi connectivity index (χ2v) is 7.89. The summed E-state index contributed by atoms with van der Waals surface area (Å²) in [4.78, 5) is 26.2. The van der Waals surface area contributed by atoms with Crippen LogP contribution < -0.4 is 10.6 Å². The standard InChI is InChI=1S/C22H24N4O2S/c1-2-3-14-18(16-10-6-4-7-11-16)24-25-22(23)29-19-15-20(27)26(21(19)28)17-12-8-5-9-13-17/h4-13,19H,2-3,14-15H2,1H3,(H2,23,25)/b24-18-/t19-/m0/s1. The normalized spacial score (nSPS) is 17.8. The number of thioether (sulfide) groups is 1. The summed E-state index contributed by atoms with van der Waals surface area (Å²) in [6.45, 7) is 2.12. The number of carbonyl (C=O) groups excluding carboxylic acids is 2. The highest BCUT2D eigenvalue weighted by atomic mass is 32.2. The van der Waals surface area contributed by atoms with Crippen LogP contribution in [0.5, 0.6) is 0 Å². The summed E-state index contributed by atoms with van der Waals surface area (Å²) >= 11 is 1.09. The fourth-order valence-electron chi connectivity index (χ4n) is 3.05. The smallest absolute Gasteiger partial charge is 0.247 e. The molecule has 1 atom stereocenters. The number of anilines is 1. The average molecular weight is 409 g/mol. The minimum absolute atomic E-state index is 0.0969. The predicted molar refractivity (Wildman–Crippen MR) is 119 cm³/mol. The van der Waals surface area contributed by atoms with Crippen LogP contribution in [0.4, 0.5) is 5.69 Å². The van der Waals surface area contributed by atoms with Crippen molar-refractivity contribution in [2.75, 3.05) is 4.90 Å². The Hall–Kier alpha value is -2.93. The summed E-state index contributed by atoms with van der Waals surface area (Å²) in [6.07, 6.45) is 2.94. The lowest BCUT2D eigenvalue weighted by Gasteiger charge is -2.14. The number of hydrogen-bond acceptors (Lipinski definition) is 5. The lowest BCUT2D eigenvalue weighted by molar-refractivity contribution is -0.121. The molecule has 0 bridgehead atoms. The van der Waals surface area contributed by atoms with Gasteiger partial charge in [0.2, 0.25) is 11.8 Å². The minimum atomic E-state index is -0.586. The third kappa shape index (κ3) is 5.32. The monoisotopic (exact) mass is 408 g/mol. The third-order valence-electron chi connectivity index (χ3n) is 4.53. The summed E-state index contributed by atoms with van der Waals surface area (Å²) in [6, 6.07) is 18.8. The molecule has 0 radical (unpaired) electrons. The molecule has 1 saturated heterocycles. The number of hydrogen-bond donors (Lipinski definition) is 1. The SMILES string of the molecule is CCCC/C(=N/N=C(N)S[C@H]1CC(=O)N(c2ccccc2)C1=O)c1ccccc1. The lowest BCUT2D eigenvalue weighted by atomic mass is 10.1. The first-order chi connectivity index (χ1) is 14.1. The second-order valence-electron chi connectivity index (χ2n) is 6.67. The van der Waals surface area contributed by atoms with E-state index in [1.807, 2.05) is 36.4 Å². The predicted octanol–water partition coefficient (Wildman–Crippen LogP) is 3.96. The molecule has 150 valence electrons. The Balaban J connectivity index is 1.72. The summed E-state index contributed by atoms with van der Waals surface area (Å²) in [5.41, 5.74) is 8.46. The Kier molecular flexibility index (Phi) is 7.19. The molecule has 2 N–H and O–H groups in total. The van der Waals surface area contributed by atoms with E-state index in [9.17, 15) is 9.59 Å². The molecular weight excluding hydrogens is 384 g/mol. The van der Waals surface area contributed by atoms with Gasteiger partial charge < -0.3 is 5.73 Å². The second kappa shape index (κ2) is 10.0. The van der Waals surface area contributed by atoms with Gasteiger partial charge in [0.05, 0.1) is 11.4 Å². The first-order valence-electron chi connectivity index (χ1n) is 9.64. The number of carbonyl (C=O) groups is 2. The van der Waals surface area contributed by atoms with Gasteiger partial charge in [-0.3, -0.25) is 9.59 Å². The lowest BCUT2D eigenvalue weighted by Crippen LogP contribution is -2.31. The molecule has 2 aromatic carbocycles. The van der Waals surface area contributed by atoms with Crippen molar-refractivity contribution in [3.63, 3.8) is 0 Å². The third-order valence-corrected chi connectivity index (χ3v) is 5.50. The van der Waals surface area contributed by atoms with E-state index in [2.05, 4.69) is 17.1 Å². The Morgan fingerprint density at radius 1 is 1.07 bits per heavy atom. The van der Waals surface area contributed by atoms with E-state index in [1.54, 1.807) is 24.3 Å². The molecule has 0 aliphatic carbocycles. The molecule has 6 nitrogen and oxygen atoms in total. The highest BCUT2D eigenvalue weighted by molar-refractivity contribution is 8.14. The largest absolute Gasteiger partial charge is 0.377 e. The van der Waals surface area contributed by atoms with Crippen LogP contribution in [0.3, 0.4) is 0 Å². The Labute approximate surface area is 174 Å². The number of nitrogens with two attached hydrogens (primary N) is 1. The van der Waals surface area contributed by atoms with Gasteiger partial charge in [-0.15, -0.1) is 5.10 Å².